The number of H-pyrrole nitrogens is 1. The molecule has 2 heterocycles. The average molecular weight is 285 g/mol. The van der Waals surface area contributed by atoms with Crippen LogP contribution >= 0.6 is 0 Å². The summed E-state index contributed by atoms with van der Waals surface area (Å²) in [5.41, 5.74) is 4.91. The summed E-state index contributed by atoms with van der Waals surface area (Å²) in [7, 11) is 0. The summed E-state index contributed by atoms with van der Waals surface area (Å²) in [5, 5.41) is 9.65. The Bertz CT molecular complexity index is 939. The third-order valence-corrected chi connectivity index (χ3v) is 3.76. The zero-order valence-corrected chi connectivity index (χ0v) is 12.2. The number of aromatic nitrogens is 3. The van der Waals surface area contributed by atoms with Gasteiger partial charge in [-0.3, -0.25) is 5.10 Å². The summed E-state index contributed by atoms with van der Waals surface area (Å²) in [6, 6.07) is 22.7. The maximum Gasteiger partial charge on any atom is 0.111 e. The number of aryl methyl sites for hydroxylation is 1. The first-order valence-electron chi connectivity index (χ1n) is 7.29. The number of nitrogens with zero attached hydrogens (tertiary/aromatic N) is 2. The second-order valence-corrected chi connectivity index (χ2v) is 5.38. The van der Waals surface area contributed by atoms with Crippen LogP contribution in [-0.4, -0.2) is 15.2 Å². The van der Waals surface area contributed by atoms with Crippen LogP contribution in [0.1, 0.15) is 5.69 Å². The fourth-order valence-corrected chi connectivity index (χ4v) is 2.70. The molecule has 0 saturated heterocycles. The van der Waals surface area contributed by atoms with E-state index in [0.717, 1.165) is 33.7 Å². The maximum absolute atomic E-state index is 4.87. The Balaban J connectivity index is 2.01. The molecule has 2 aromatic carbocycles. The number of hydrogen-bond donors (Lipinski definition) is 1. The lowest BCUT2D eigenvalue weighted by Gasteiger charge is -2.08. The molecule has 0 spiro atoms. The zero-order chi connectivity index (χ0) is 14.9. The lowest BCUT2D eigenvalue weighted by atomic mass is 10.0. The van der Waals surface area contributed by atoms with Gasteiger partial charge in [-0.05, 0) is 24.4 Å². The molecule has 3 nitrogen and oxygen atoms in total. The van der Waals surface area contributed by atoms with Gasteiger partial charge < -0.3 is 0 Å². The van der Waals surface area contributed by atoms with E-state index in [2.05, 4.69) is 52.7 Å². The van der Waals surface area contributed by atoms with Gasteiger partial charge in [-0.15, -0.1) is 0 Å². The van der Waals surface area contributed by atoms with Crippen molar-refractivity contribution in [1.29, 1.82) is 0 Å². The molecule has 0 radical (unpaired) electrons. The van der Waals surface area contributed by atoms with Crippen LogP contribution in [-0.2, 0) is 0 Å². The van der Waals surface area contributed by atoms with E-state index in [-0.39, 0.29) is 0 Å². The van der Waals surface area contributed by atoms with E-state index in [0.29, 0.717) is 0 Å². The van der Waals surface area contributed by atoms with E-state index in [4.69, 9.17) is 4.98 Å². The third kappa shape index (κ3) is 2.17. The van der Waals surface area contributed by atoms with Crippen LogP contribution in [0.5, 0.6) is 0 Å². The highest BCUT2D eigenvalue weighted by molar-refractivity contribution is 5.96. The molecule has 0 saturated carbocycles. The first-order chi connectivity index (χ1) is 10.8. The average Bonchev–Trinajstić information content (AvgIpc) is 3.01. The van der Waals surface area contributed by atoms with Crippen molar-refractivity contribution in [1.82, 2.24) is 15.2 Å². The van der Waals surface area contributed by atoms with Crippen molar-refractivity contribution in [3.8, 4) is 22.6 Å². The Morgan fingerprint density at radius 1 is 0.818 bits per heavy atom. The van der Waals surface area contributed by atoms with E-state index in [9.17, 15) is 0 Å². The van der Waals surface area contributed by atoms with E-state index in [1.165, 1.54) is 5.39 Å². The number of hydrogen-bond acceptors (Lipinski definition) is 2. The molecule has 0 atom stereocenters. The molecule has 0 aliphatic heterocycles. The van der Waals surface area contributed by atoms with Gasteiger partial charge in [-0.1, -0.05) is 54.6 Å². The van der Waals surface area contributed by atoms with Gasteiger partial charge in [0, 0.05) is 16.6 Å². The number of benzene rings is 2. The molecule has 0 aliphatic carbocycles. The SMILES string of the molecule is Cc1cc(-c2cc3ccccc3c(-c3ccccc3)n2)n[nH]1. The topological polar surface area (TPSA) is 41.6 Å². The minimum Gasteiger partial charge on any atom is -0.282 e. The monoisotopic (exact) mass is 285 g/mol. The molecule has 4 aromatic rings. The minimum atomic E-state index is 0.875. The van der Waals surface area contributed by atoms with Gasteiger partial charge in [0.05, 0.1) is 11.4 Å². The second kappa shape index (κ2) is 5.11. The number of fused-ring (bicyclic) bond motifs is 1. The molecule has 1 N–H and O–H groups in total. The van der Waals surface area contributed by atoms with Crippen LogP contribution in [0.25, 0.3) is 33.4 Å². The highest BCUT2D eigenvalue weighted by atomic mass is 15.1. The minimum absolute atomic E-state index is 0.875. The van der Waals surface area contributed by atoms with Crippen molar-refractivity contribution >= 4 is 10.8 Å². The van der Waals surface area contributed by atoms with Crippen molar-refractivity contribution in [3.63, 3.8) is 0 Å². The normalized spacial score (nSPS) is 11.0. The first kappa shape index (κ1) is 12.8. The Morgan fingerprint density at radius 3 is 2.36 bits per heavy atom. The predicted molar refractivity (Wildman–Crippen MR) is 89.5 cm³/mol. The second-order valence-electron chi connectivity index (χ2n) is 5.38. The fourth-order valence-electron chi connectivity index (χ4n) is 2.70. The van der Waals surface area contributed by atoms with Gasteiger partial charge in [0.25, 0.3) is 0 Å². The van der Waals surface area contributed by atoms with Crippen LogP contribution < -0.4 is 0 Å². The lowest BCUT2D eigenvalue weighted by molar-refractivity contribution is 1.05. The van der Waals surface area contributed by atoms with Crippen molar-refractivity contribution in [3.05, 3.63) is 72.4 Å². The Morgan fingerprint density at radius 2 is 1.59 bits per heavy atom. The van der Waals surface area contributed by atoms with E-state index < -0.39 is 0 Å². The first-order valence-corrected chi connectivity index (χ1v) is 7.29. The third-order valence-electron chi connectivity index (χ3n) is 3.76. The largest absolute Gasteiger partial charge is 0.282 e. The molecular weight excluding hydrogens is 270 g/mol. The van der Waals surface area contributed by atoms with Crippen molar-refractivity contribution in [2.24, 2.45) is 0 Å². The van der Waals surface area contributed by atoms with Gasteiger partial charge in [-0.25, -0.2) is 4.98 Å². The number of rotatable bonds is 2. The van der Waals surface area contributed by atoms with E-state index >= 15 is 0 Å². The zero-order valence-electron chi connectivity index (χ0n) is 12.2. The number of pyridine rings is 1. The summed E-state index contributed by atoms with van der Waals surface area (Å²) in [6.07, 6.45) is 0. The summed E-state index contributed by atoms with van der Waals surface area (Å²) >= 11 is 0. The Hall–Kier alpha value is -2.94. The predicted octanol–water partition coefficient (Wildman–Crippen LogP) is 4.60. The summed E-state index contributed by atoms with van der Waals surface area (Å²) in [4.78, 5) is 4.87. The van der Waals surface area contributed by atoms with Crippen molar-refractivity contribution in [2.75, 3.05) is 0 Å². The molecule has 0 bridgehead atoms. The van der Waals surface area contributed by atoms with E-state index in [1.54, 1.807) is 0 Å². The van der Waals surface area contributed by atoms with Crippen molar-refractivity contribution < 1.29 is 0 Å². The lowest BCUT2D eigenvalue weighted by Crippen LogP contribution is -1.91. The standard InChI is InChI=1S/C19H15N3/c1-13-11-18(22-21-13)17-12-15-9-5-6-10-16(15)19(20-17)14-7-3-2-4-8-14/h2-12H,1H3,(H,21,22). The van der Waals surface area contributed by atoms with Gasteiger partial charge in [0.2, 0.25) is 0 Å². The van der Waals surface area contributed by atoms with Crippen LogP contribution in [0.4, 0.5) is 0 Å². The van der Waals surface area contributed by atoms with Crippen molar-refractivity contribution in [2.45, 2.75) is 6.92 Å². The molecular formula is C19H15N3. The van der Waals surface area contributed by atoms with Gasteiger partial charge in [0.1, 0.15) is 5.69 Å². The molecule has 106 valence electrons. The highest BCUT2D eigenvalue weighted by Gasteiger charge is 2.11. The van der Waals surface area contributed by atoms with Crippen LogP contribution in [0.2, 0.25) is 0 Å². The summed E-state index contributed by atoms with van der Waals surface area (Å²) < 4.78 is 0. The Kier molecular flexibility index (Phi) is 2.97. The van der Waals surface area contributed by atoms with Gasteiger partial charge in [-0.2, -0.15) is 5.10 Å². The Labute approximate surface area is 128 Å². The molecule has 2 aromatic heterocycles. The summed E-state index contributed by atoms with van der Waals surface area (Å²) in [6.45, 7) is 2.00. The molecule has 0 amide bonds. The molecule has 0 aliphatic rings. The molecule has 0 fully saturated rings. The highest BCUT2D eigenvalue weighted by Crippen LogP contribution is 2.30. The number of nitrogens with one attached hydrogen (secondary N) is 1. The molecule has 22 heavy (non-hydrogen) atoms. The number of aromatic amines is 1. The molecule has 4 rings (SSSR count). The fraction of sp³-hybridized carbons (Fsp3) is 0.0526. The maximum atomic E-state index is 4.87. The summed E-state index contributed by atoms with van der Waals surface area (Å²) in [5.74, 6) is 0. The van der Waals surface area contributed by atoms with Crippen LogP contribution in [0.15, 0.2) is 66.7 Å². The molecule has 0 unspecified atom stereocenters. The van der Waals surface area contributed by atoms with Crippen LogP contribution in [0, 0.1) is 6.92 Å². The van der Waals surface area contributed by atoms with E-state index in [1.807, 2.05) is 31.2 Å². The molecule has 3 heteroatoms. The van der Waals surface area contributed by atoms with Crippen LogP contribution in [0.3, 0.4) is 0 Å². The van der Waals surface area contributed by atoms with Gasteiger partial charge >= 0.3 is 0 Å². The van der Waals surface area contributed by atoms with Gasteiger partial charge in [0.15, 0.2) is 0 Å². The smallest absolute Gasteiger partial charge is 0.111 e. The quantitative estimate of drug-likeness (QED) is 0.584.